The molecule has 17 heavy (non-hydrogen) atoms. The molecule has 2 aromatic rings. The van der Waals surface area contributed by atoms with Crippen LogP contribution in [-0.2, 0) is 0 Å². The Kier molecular flexibility index (Phi) is 2.93. The number of nitrogens with two attached hydrogens (primary N) is 1. The van der Waals surface area contributed by atoms with Crippen molar-refractivity contribution in [1.29, 1.82) is 5.26 Å². The molecule has 0 radical (unpaired) electrons. The first-order valence-electron chi connectivity index (χ1n) is 5.10. The lowest BCUT2D eigenvalue weighted by atomic mass is 10.2. The van der Waals surface area contributed by atoms with Crippen LogP contribution in [0, 0.1) is 18.3 Å². The second-order valence-electron chi connectivity index (χ2n) is 3.59. The fourth-order valence-electron chi connectivity index (χ4n) is 1.38. The molecule has 2 N–H and O–H groups in total. The van der Waals surface area contributed by atoms with E-state index < -0.39 is 0 Å². The van der Waals surface area contributed by atoms with Crippen molar-refractivity contribution >= 4 is 5.69 Å². The molecule has 0 aliphatic heterocycles. The number of nitrogens with zero attached hydrogens (tertiary/aromatic N) is 2. The van der Waals surface area contributed by atoms with Crippen molar-refractivity contribution in [2.75, 3.05) is 5.73 Å². The summed E-state index contributed by atoms with van der Waals surface area (Å²) in [7, 11) is 0. The first-order chi connectivity index (χ1) is 8.20. The number of rotatable bonds is 2. The molecule has 0 aliphatic carbocycles. The lowest BCUT2D eigenvalue weighted by molar-refractivity contribution is 0.461. The topological polar surface area (TPSA) is 71.9 Å². The van der Waals surface area contributed by atoms with Crippen molar-refractivity contribution in [3.8, 4) is 17.7 Å². The summed E-state index contributed by atoms with van der Waals surface area (Å²) in [4.78, 5) is 4.02. The van der Waals surface area contributed by atoms with E-state index in [0.717, 1.165) is 5.56 Å². The summed E-state index contributed by atoms with van der Waals surface area (Å²) in [5.74, 6) is 0.922. The van der Waals surface area contributed by atoms with Crippen molar-refractivity contribution in [2.24, 2.45) is 0 Å². The number of nitrogen functional groups attached to an aromatic ring is 1. The Hall–Kier alpha value is -2.54. The molecular formula is C13H11N3O. The van der Waals surface area contributed by atoms with E-state index >= 15 is 0 Å². The fraction of sp³-hybridized carbons (Fsp3) is 0.0769. The largest absolute Gasteiger partial charge is 0.438 e. The molecule has 0 atom stereocenters. The van der Waals surface area contributed by atoms with Gasteiger partial charge in [-0.3, -0.25) is 0 Å². The first kappa shape index (κ1) is 11.0. The summed E-state index contributed by atoms with van der Waals surface area (Å²) in [5.41, 5.74) is 7.75. The minimum atomic E-state index is 0.305. The number of nitriles is 1. The Morgan fingerprint density at radius 1 is 1.35 bits per heavy atom. The molecule has 0 saturated heterocycles. The normalized spacial score (nSPS) is 9.65. The highest BCUT2D eigenvalue weighted by atomic mass is 16.5. The van der Waals surface area contributed by atoms with Gasteiger partial charge in [-0.1, -0.05) is 0 Å². The lowest BCUT2D eigenvalue weighted by Gasteiger charge is -2.07. The molecule has 0 unspecified atom stereocenters. The molecule has 2 rings (SSSR count). The van der Waals surface area contributed by atoms with Crippen LogP contribution in [0.15, 0.2) is 36.5 Å². The van der Waals surface area contributed by atoms with Gasteiger partial charge in [-0.15, -0.1) is 0 Å². The van der Waals surface area contributed by atoms with Crippen LogP contribution < -0.4 is 10.5 Å². The molecule has 0 aliphatic rings. The number of benzene rings is 1. The molecule has 1 heterocycles. The highest BCUT2D eigenvalue weighted by Gasteiger charge is 2.05. The Balaban J connectivity index is 2.32. The van der Waals surface area contributed by atoms with E-state index in [0.29, 0.717) is 22.9 Å². The van der Waals surface area contributed by atoms with Crippen LogP contribution in [0.25, 0.3) is 0 Å². The van der Waals surface area contributed by atoms with Gasteiger partial charge >= 0.3 is 0 Å². The monoisotopic (exact) mass is 225 g/mol. The zero-order valence-electron chi connectivity index (χ0n) is 9.34. The van der Waals surface area contributed by atoms with E-state index in [4.69, 9.17) is 15.7 Å². The quantitative estimate of drug-likeness (QED) is 0.797. The molecular weight excluding hydrogens is 214 g/mol. The third kappa shape index (κ3) is 2.34. The minimum absolute atomic E-state index is 0.305. The highest BCUT2D eigenvalue weighted by Crippen LogP contribution is 2.25. The number of anilines is 1. The van der Waals surface area contributed by atoms with Crippen LogP contribution >= 0.6 is 0 Å². The van der Waals surface area contributed by atoms with Crippen LogP contribution in [0.2, 0.25) is 0 Å². The van der Waals surface area contributed by atoms with Crippen LogP contribution in [0.4, 0.5) is 5.69 Å². The first-order valence-corrected chi connectivity index (χ1v) is 5.10. The van der Waals surface area contributed by atoms with Gasteiger partial charge < -0.3 is 10.5 Å². The number of ether oxygens (including phenoxy) is 1. The zero-order valence-corrected chi connectivity index (χ0v) is 9.34. The maximum atomic E-state index is 8.91. The van der Waals surface area contributed by atoms with E-state index in [1.54, 1.807) is 30.5 Å². The zero-order chi connectivity index (χ0) is 12.3. The van der Waals surface area contributed by atoms with Crippen molar-refractivity contribution in [2.45, 2.75) is 6.92 Å². The van der Waals surface area contributed by atoms with E-state index in [-0.39, 0.29) is 0 Å². The van der Waals surface area contributed by atoms with Gasteiger partial charge in [0, 0.05) is 11.9 Å². The van der Waals surface area contributed by atoms with Gasteiger partial charge in [0.15, 0.2) is 0 Å². The molecule has 1 aromatic carbocycles. The van der Waals surface area contributed by atoms with E-state index in [1.165, 1.54) is 0 Å². The van der Waals surface area contributed by atoms with Gasteiger partial charge in [0.25, 0.3) is 0 Å². The smallest absolute Gasteiger partial charge is 0.237 e. The third-order valence-corrected chi connectivity index (χ3v) is 2.35. The summed E-state index contributed by atoms with van der Waals surface area (Å²) in [6, 6.07) is 10.7. The number of hydrogen-bond acceptors (Lipinski definition) is 4. The molecule has 1 aromatic heterocycles. The highest BCUT2D eigenvalue weighted by molar-refractivity contribution is 5.50. The number of aromatic nitrogens is 1. The Morgan fingerprint density at radius 2 is 2.18 bits per heavy atom. The number of hydrogen-bond donors (Lipinski definition) is 1. The molecule has 4 heteroatoms. The third-order valence-electron chi connectivity index (χ3n) is 2.35. The van der Waals surface area contributed by atoms with Crippen molar-refractivity contribution in [3.05, 3.63) is 47.7 Å². The fourth-order valence-corrected chi connectivity index (χ4v) is 1.38. The average molecular weight is 225 g/mol. The van der Waals surface area contributed by atoms with Crippen molar-refractivity contribution < 1.29 is 4.74 Å². The number of aryl methyl sites for hydroxylation is 1. The summed E-state index contributed by atoms with van der Waals surface area (Å²) in [6.07, 6.45) is 1.58. The molecule has 0 saturated carbocycles. The predicted octanol–water partition coefficient (Wildman–Crippen LogP) is 2.64. The molecule has 84 valence electrons. The average Bonchev–Trinajstić information content (AvgIpc) is 2.34. The molecule has 4 nitrogen and oxygen atoms in total. The lowest BCUT2D eigenvalue weighted by Crippen LogP contribution is -1.93. The summed E-state index contributed by atoms with van der Waals surface area (Å²) in [6.45, 7) is 1.89. The summed E-state index contributed by atoms with van der Waals surface area (Å²) >= 11 is 0. The summed E-state index contributed by atoms with van der Waals surface area (Å²) < 4.78 is 5.55. The van der Waals surface area contributed by atoms with Gasteiger partial charge in [0.05, 0.1) is 0 Å². The number of pyridine rings is 1. The van der Waals surface area contributed by atoms with Gasteiger partial charge in [0.1, 0.15) is 17.4 Å². The van der Waals surface area contributed by atoms with Gasteiger partial charge in [-0.25, -0.2) is 4.98 Å². The summed E-state index contributed by atoms with van der Waals surface area (Å²) in [5, 5.41) is 8.91. The van der Waals surface area contributed by atoms with Crippen LogP contribution in [0.5, 0.6) is 11.6 Å². The van der Waals surface area contributed by atoms with Crippen molar-refractivity contribution in [3.63, 3.8) is 0 Å². The van der Waals surface area contributed by atoms with Gasteiger partial charge in [-0.2, -0.15) is 5.26 Å². The Labute approximate surface area is 99.3 Å². The van der Waals surface area contributed by atoms with Crippen LogP contribution in [0.3, 0.4) is 0 Å². The standard InChI is InChI=1S/C13H11N3O/c1-9-7-11(4-5-12(9)15)17-13-10(8-14)3-2-6-16-13/h2-7H,15H2,1H3. The second kappa shape index (κ2) is 4.54. The predicted molar refractivity (Wildman–Crippen MR) is 64.6 cm³/mol. The molecule has 0 amide bonds. The molecule has 0 bridgehead atoms. The SMILES string of the molecule is Cc1cc(Oc2ncccc2C#N)ccc1N. The van der Waals surface area contributed by atoms with E-state index in [9.17, 15) is 0 Å². The minimum Gasteiger partial charge on any atom is -0.438 e. The maximum absolute atomic E-state index is 8.91. The van der Waals surface area contributed by atoms with Gasteiger partial charge in [-0.05, 0) is 42.8 Å². The molecule has 0 fully saturated rings. The van der Waals surface area contributed by atoms with E-state index in [2.05, 4.69) is 4.98 Å². The maximum Gasteiger partial charge on any atom is 0.237 e. The Morgan fingerprint density at radius 3 is 2.88 bits per heavy atom. The van der Waals surface area contributed by atoms with Gasteiger partial charge in [0.2, 0.25) is 5.88 Å². The Bertz CT molecular complexity index is 587. The van der Waals surface area contributed by atoms with Crippen molar-refractivity contribution in [1.82, 2.24) is 4.98 Å². The second-order valence-corrected chi connectivity index (χ2v) is 3.59. The van der Waals surface area contributed by atoms with Crippen LogP contribution in [-0.4, -0.2) is 4.98 Å². The van der Waals surface area contributed by atoms with E-state index in [1.807, 2.05) is 19.1 Å². The van der Waals surface area contributed by atoms with Crippen LogP contribution in [0.1, 0.15) is 11.1 Å². The molecule has 0 spiro atoms.